The fraction of sp³-hybridized carbons (Fsp3) is 0.500. The smallest absolute Gasteiger partial charge is 0.288 e. The molecule has 0 bridgehead atoms. The molecule has 1 aromatic carbocycles. The maximum atomic E-state index is 12.4. The van der Waals surface area contributed by atoms with Gasteiger partial charge in [0.1, 0.15) is 0 Å². The summed E-state index contributed by atoms with van der Waals surface area (Å²) in [5.41, 5.74) is 0.482. The number of amides is 1. The van der Waals surface area contributed by atoms with E-state index < -0.39 is 5.76 Å². The van der Waals surface area contributed by atoms with Crippen LogP contribution in [0.1, 0.15) is 32.1 Å². The first-order valence-corrected chi connectivity index (χ1v) is 7.37. The van der Waals surface area contributed by atoms with E-state index >= 15 is 0 Å². The largest absolute Gasteiger partial charge is 0.325 e. The second-order valence-corrected chi connectivity index (χ2v) is 5.81. The Kier molecular flexibility index (Phi) is 5.19. The zero-order chi connectivity index (χ0) is 13.7. The molecule has 5 heteroatoms. The first-order valence-electron chi connectivity index (χ1n) is 6.49. The van der Waals surface area contributed by atoms with Crippen molar-refractivity contribution in [3.63, 3.8) is 0 Å². The molecule has 2 nitrogen and oxygen atoms in total. The predicted octanol–water partition coefficient (Wildman–Crippen LogP) is 4.52. The number of nitrogens with one attached hydrogen (secondary N) is 1. The second kappa shape index (κ2) is 6.89. The molecule has 1 saturated carbocycles. The zero-order valence-electron chi connectivity index (χ0n) is 10.6. The lowest BCUT2D eigenvalue weighted by atomic mass is 10.0. The summed E-state index contributed by atoms with van der Waals surface area (Å²) in [6, 6.07) is 6.69. The molecule has 1 aliphatic rings. The number of carbonyl (C=O) groups is 1. The number of carbonyl (C=O) groups excluding carboxylic acids is 1. The van der Waals surface area contributed by atoms with Crippen LogP contribution in [0.5, 0.6) is 0 Å². The lowest BCUT2D eigenvalue weighted by Crippen LogP contribution is -2.15. The Bertz CT molecular complexity index is 433. The van der Waals surface area contributed by atoms with E-state index in [-0.39, 0.29) is 5.91 Å². The molecule has 0 saturated heterocycles. The van der Waals surface area contributed by atoms with Gasteiger partial charge in [0.25, 0.3) is 5.76 Å². The van der Waals surface area contributed by atoms with Crippen molar-refractivity contribution in [3.05, 3.63) is 24.3 Å². The van der Waals surface area contributed by atoms with Crippen molar-refractivity contribution in [2.75, 3.05) is 5.32 Å². The summed E-state index contributed by atoms with van der Waals surface area (Å²) < 4.78 is 24.8. The first-order chi connectivity index (χ1) is 9.15. The van der Waals surface area contributed by atoms with Gasteiger partial charge in [0, 0.05) is 11.3 Å². The maximum Gasteiger partial charge on any atom is 0.288 e. The van der Waals surface area contributed by atoms with Crippen molar-refractivity contribution in [1.82, 2.24) is 0 Å². The highest BCUT2D eigenvalue weighted by molar-refractivity contribution is 7.99. The number of hydrogen-bond donors (Lipinski definition) is 1. The van der Waals surface area contributed by atoms with Gasteiger partial charge < -0.3 is 5.32 Å². The third-order valence-electron chi connectivity index (χ3n) is 3.33. The first kappa shape index (κ1) is 14.3. The second-order valence-electron chi connectivity index (χ2n) is 4.78. The number of benzene rings is 1. The molecule has 2 rings (SSSR count). The number of thioether (sulfide) groups is 1. The van der Waals surface area contributed by atoms with Crippen LogP contribution in [0.15, 0.2) is 29.2 Å². The molecule has 1 N–H and O–H groups in total. The van der Waals surface area contributed by atoms with Gasteiger partial charge in [0.15, 0.2) is 0 Å². The molecule has 1 aromatic rings. The van der Waals surface area contributed by atoms with Crippen LogP contribution in [0.4, 0.5) is 14.5 Å². The highest BCUT2D eigenvalue weighted by Gasteiger charge is 2.19. The van der Waals surface area contributed by atoms with Gasteiger partial charge in [-0.2, -0.15) is 8.78 Å². The van der Waals surface area contributed by atoms with Gasteiger partial charge in [-0.3, -0.25) is 4.79 Å². The normalized spacial score (nSPS) is 15.9. The number of hydrogen-bond acceptors (Lipinski definition) is 2. The molecule has 19 heavy (non-hydrogen) atoms. The summed E-state index contributed by atoms with van der Waals surface area (Å²) in [5, 5.41) is 2.75. The Hall–Kier alpha value is -1.10. The molecular formula is C14H17F2NOS. The van der Waals surface area contributed by atoms with E-state index in [1.54, 1.807) is 24.3 Å². The standard InChI is InChI=1S/C14H17F2NOS/c15-14(16)19-12-8-4-3-7-11(12)17-13(18)9-10-5-1-2-6-10/h3-4,7-8,10,14H,1-2,5-6,9H2,(H,17,18). The molecule has 0 aromatic heterocycles. The van der Waals surface area contributed by atoms with E-state index in [4.69, 9.17) is 0 Å². The summed E-state index contributed by atoms with van der Waals surface area (Å²) >= 11 is 0.462. The van der Waals surface area contributed by atoms with Crippen molar-refractivity contribution >= 4 is 23.4 Å². The van der Waals surface area contributed by atoms with E-state index in [0.29, 0.717) is 34.7 Å². The highest BCUT2D eigenvalue weighted by Crippen LogP contribution is 2.32. The Morgan fingerprint density at radius 3 is 2.68 bits per heavy atom. The molecular weight excluding hydrogens is 268 g/mol. The van der Waals surface area contributed by atoms with Gasteiger partial charge in [-0.25, -0.2) is 0 Å². The number of rotatable bonds is 5. The fourth-order valence-electron chi connectivity index (χ4n) is 2.45. The lowest BCUT2D eigenvalue weighted by Gasteiger charge is -2.12. The van der Waals surface area contributed by atoms with Gasteiger partial charge >= 0.3 is 0 Å². The molecule has 1 fully saturated rings. The highest BCUT2D eigenvalue weighted by atomic mass is 32.2. The maximum absolute atomic E-state index is 12.4. The van der Waals surface area contributed by atoms with E-state index in [2.05, 4.69) is 5.32 Å². The molecule has 0 radical (unpaired) electrons. The van der Waals surface area contributed by atoms with Crippen LogP contribution < -0.4 is 5.32 Å². The molecule has 0 unspecified atom stereocenters. The Morgan fingerprint density at radius 1 is 1.32 bits per heavy atom. The molecule has 1 aliphatic carbocycles. The van der Waals surface area contributed by atoms with Crippen LogP contribution in [0.2, 0.25) is 0 Å². The van der Waals surface area contributed by atoms with Gasteiger partial charge in [-0.05, 0) is 30.9 Å². The number of halogens is 2. The molecule has 0 spiro atoms. The van der Waals surface area contributed by atoms with Crippen LogP contribution in [-0.4, -0.2) is 11.7 Å². The quantitative estimate of drug-likeness (QED) is 0.806. The van der Waals surface area contributed by atoms with Crippen molar-refractivity contribution in [3.8, 4) is 0 Å². The molecule has 1 amide bonds. The van der Waals surface area contributed by atoms with E-state index in [1.807, 2.05) is 0 Å². The van der Waals surface area contributed by atoms with Crippen molar-refractivity contribution in [2.45, 2.75) is 42.8 Å². The minimum atomic E-state index is -2.48. The Labute approximate surface area is 116 Å². The van der Waals surface area contributed by atoms with Crippen LogP contribution in [0.25, 0.3) is 0 Å². The fourth-order valence-corrected chi connectivity index (χ4v) is 3.04. The van der Waals surface area contributed by atoms with E-state index in [1.165, 1.54) is 12.8 Å². The minimum absolute atomic E-state index is 0.0748. The van der Waals surface area contributed by atoms with Crippen molar-refractivity contribution in [2.24, 2.45) is 5.92 Å². The van der Waals surface area contributed by atoms with Crippen LogP contribution in [0.3, 0.4) is 0 Å². The monoisotopic (exact) mass is 285 g/mol. The average Bonchev–Trinajstić information content (AvgIpc) is 2.83. The number of anilines is 1. The van der Waals surface area contributed by atoms with E-state index in [0.717, 1.165) is 12.8 Å². The lowest BCUT2D eigenvalue weighted by molar-refractivity contribution is -0.117. The average molecular weight is 285 g/mol. The third kappa shape index (κ3) is 4.49. The SMILES string of the molecule is O=C(CC1CCCC1)Nc1ccccc1SC(F)F. The minimum Gasteiger partial charge on any atom is -0.325 e. The third-order valence-corrected chi connectivity index (χ3v) is 4.11. The molecule has 104 valence electrons. The van der Waals surface area contributed by atoms with Crippen molar-refractivity contribution in [1.29, 1.82) is 0 Å². The Morgan fingerprint density at radius 2 is 2.00 bits per heavy atom. The zero-order valence-corrected chi connectivity index (χ0v) is 11.4. The van der Waals surface area contributed by atoms with Gasteiger partial charge in [0.05, 0.1) is 5.69 Å². The van der Waals surface area contributed by atoms with Crippen molar-refractivity contribution < 1.29 is 13.6 Å². The van der Waals surface area contributed by atoms with Crippen LogP contribution in [-0.2, 0) is 4.79 Å². The summed E-state index contributed by atoms with van der Waals surface area (Å²) in [7, 11) is 0. The van der Waals surface area contributed by atoms with Gasteiger partial charge in [-0.1, -0.05) is 36.7 Å². The van der Waals surface area contributed by atoms with Gasteiger partial charge in [-0.15, -0.1) is 0 Å². The number of alkyl halides is 2. The van der Waals surface area contributed by atoms with Gasteiger partial charge in [0.2, 0.25) is 5.91 Å². The Balaban J connectivity index is 1.95. The molecule has 0 atom stereocenters. The van der Waals surface area contributed by atoms with Crippen LogP contribution in [0, 0.1) is 5.92 Å². The van der Waals surface area contributed by atoms with E-state index in [9.17, 15) is 13.6 Å². The predicted molar refractivity (Wildman–Crippen MR) is 73.5 cm³/mol. The molecule has 0 heterocycles. The summed E-state index contributed by atoms with van der Waals surface area (Å²) in [5.74, 6) is -2.10. The number of para-hydroxylation sites is 1. The summed E-state index contributed by atoms with van der Waals surface area (Å²) in [6.07, 6.45) is 5.07. The topological polar surface area (TPSA) is 29.1 Å². The summed E-state index contributed by atoms with van der Waals surface area (Å²) in [4.78, 5) is 12.3. The molecule has 0 aliphatic heterocycles. The van der Waals surface area contributed by atoms with Crippen LogP contribution >= 0.6 is 11.8 Å². The summed E-state index contributed by atoms with van der Waals surface area (Å²) in [6.45, 7) is 0.